The number of piperazine rings is 1. The monoisotopic (exact) mass is 441 g/mol. The Bertz CT molecular complexity index is 950. The summed E-state index contributed by atoms with van der Waals surface area (Å²) in [6.07, 6.45) is 0. The summed E-state index contributed by atoms with van der Waals surface area (Å²) in [4.78, 5) is 30.4. The number of sulfone groups is 1. The zero-order valence-corrected chi connectivity index (χ0v) is 17.4. The maximum absolute atomic E-state index is 12.7. The Morgan fingerprint density at radius 2 is 1.79 bits per heavy atom. The van der Waals surface area contributed by atoms with E-state index in [1.165, 1.54) is 16.2 Å². The molecule has 7 nitrogen and oxygen atoms in total. The van der Waals surface area contributed by atoms with Crippen LogP contribution in [0.15, 0.2) is 52.7 Å². The Morgan fingerprint density at radius 3 is 2.46 bits per heavy atom. The van der Waals surface area contributed by atoms with Gasteiger partial charge in [-0.2, -0.15) is 0 Å². The summed E-state index contributed by atoms with van der Waals surface area (Å²) in [6.45, 7) is 1.67. The molecule has 3 heterocycles. The van der Waals surface area contributed by atoms with Crippen molar-refractivity contribution < 1.29 is 18.0 Å². The first-order valence-electron chi connectivity index (χ1n) is 8.65. The van der Waals surface area contributed by atoms with E-state index in [-0.39, 0.29) is 30.1 Å². The van der Waals surface area contributed by atoms with Gasteiger partial charge in [-0.15, -0.1) is 23.7 Å². The number of halogens is 1. The molecule has 0 radical (unpaired) electrons. The van der Waals surface area contributed by atoms with Crippen molar-refractivity contribution in [2.75, 3.05) is 36.8 Å². The lowest BCUT2D eigenvalue weighted by Gasteiger charge is -2.35. The molecule has 1 unspecified atom stereocenters. The lowest BCUT2D eigenvalue weighted by Crippen LogP contribution is -2.53. The largest absolute Gasteiger partial charge is 0.332 e. The van der Waals surface area contributed by atoms with Gasteiger partial charge in [0.15, 0.2) is 9.84 Å². The van der Waals surface area contributed by atoms with Gasteiger partial charge in [-0.25, -0.2) is 18.1 Å². The van der Waals surface area contributed by atoms with Gasteiger partial charge in [0.05, 0.1) is 10.6 Å². The molecule has 2 aromatic rings. The molecule has 0 saturated carbocycles. The highest BCUT2D eigenvalue weighted by molar-refractivity contribution is 7.91. The molecule has 4 rings (SSSR count). The van der Waals surface area contributed by atoms with Crippen LogP contribution in [-0.2, 0) is 14.6 Å². The van der Waals surface area contributed by atoms with Gasteiger partial charge in [-0.3, -0.25) is 9.69 Å². The molecule has 28 heavy (non-hydrogen) atoms. The van der Waals surface area contributed by atoms with Gasteiger partial charge in [-0.05, 0) is 29.6 Å². The van der Waals surface area contributed by atoms with E-state index >= 15 is 0 Å². The Hall–Kier alpha value is -1.94. The fourth-order valence-corrected chi connectivity index (χ4v) is 5.48. The minimum atomic E-state index is -3.37. The first kappa shape index (κ1) is 20.8. The Balaban J connectivity index is 0.00000225. The van der Waals surface area contributed by atoms with Crippen LogP contribution >= 0.6 is 23.7 Å². The molecule has 1 aromatic heterocycles. The Labute approximate surface area is 173 Å². The average Bonchev–Trinajstić information content (AvgIpc) is 3.28. The van der Waals surface area contributed by atoms with Crippen molar-refractivity contribution in [1.82, 2.24) is 9.80 Å². The van der Waals surface area contributed by atoms with Crippen LogP contribution in [0.1, 0.15) is 0 Å². The molecule has 150 valence electrons. The normalized spacial score (nSPS) is 20.2. The van der Waals surface area contributed by atoms with E-state index < -0.39 is 15.9 Å². The fraction of sp³-hybridized carbons (Fsp3) is 0.333. The molecule has 2 fully saturated rings. The van der Waals surface area contributed by atoms with Gasteiger partial charge in [-0.1, -0.05) is 18.2 Å². The highest BCUT2D eigenvalue weighted by Gasteiger charge is 2.48. The number of amides is 3. The highest BCUT2D eigenvalue weighted by Crippen LogP contribution is 2.30. The average molecular weight is 442 g/mol. The van der Waals surface area contributed by atoms with E-state index in [1.54, 1.807) is 47.4 Å². The number of hydrogen-bond acceptors (Lipinski definition) is 6. The van der Waals surface area contributed by atoms with Gasteiger partial charge >= 0.3 is 6.03 Å². The number of anilines is 1. The van der Waals surface area contributed by atoms with Crippen molar-refractivity contribution in [3.8, 4) is 0 Å². The van der Waals surface area contributed by atoms with Gasteiger partial charge in [0.25, 0.3) is 5.91 Å². The number of fused-ring (bicyclic) bond motifs is 1. The third-order valence-corrected chi connectivity index (χ3v) is 7.48. The number of thiophene rings is 1. The summed E-state index contributed by atoms with van der Waals surface area (Å²) in [5.74, 6) is -0.251. The molecular weight excluding hydrogens is 422 g/mol. The van der Waals surface area contributed by atoms with Gasteiger partial charge < -0.3 is 4.90 Å². The van der Waals surface area contributed by atoms with E-state index in [0.717, 1.165) is 0 Å². The zero-order chi connectivity index (χ0) is 19.0. The van der Waals surface area contributed by atoms with Crippen molar-refractivity contribution in [3.63, 3.8) is 0 Å². The van der Waals surface area contributed by atoms with Crippen molar-refractivity contribution in [3.05, 3.63) is 47.8 Å². The molecule has 1 atom stereocenters. The third kappa shape index (κ3) is 3.80. The maximum Gasteiger partial charge on any atom is 0.332 e. The van der Waals surface area contributed by atoms with Crippen LogP contribution in [0.2, 0.25) is 0 Å². The first-order valence-corrected chi connectivity index (χ1v) is 11.2. The maximum atomic E-state index is 12.7. The third-order valence-electron chi connectivity index (χ3n) is 4.91. The van der Waals surface area contributed by atoms with Gasteiger partial charge in [0.1, 0.15) is 11.0 Å². The first-order chi connectivity index (χ1) is 13.0. The van der Waals surface area contributed by atoms with Crippen LogP contribution in [0.3, 0.4) is 0 Å². The van der Waals surface area contributed by atoms with Crippen LogP contribution in [0.4, 0.5) is 9.80 Å². The zero-order valence-electron chi connectivity index (χ0n) is 14.9. The fourth-order valence-electron chi connectivity index (χ4n) is 3.45. The van der Waals surface area contributed by atoms with Gasteiger partial charge in [0, 0.05) is 26.2 Å². The minimum absolute atomic E-state index is 0. The summed E-state index contributed by atoms with van der Waals surface area (Å²) in [7, 11) is -3.37. The highest BCUT2D eigenvalue weighted by atomic mass is 35.5. The summed E-state index contributed by atoms with van der Waals surface area (Å²) in [5, 5.41) is 2.45. The smallest absolute Gasteiger partial charge is 0.309 e. The van der Waals surface area contributed by atoms with E-state index in [9.17, 15) is 18.0 Å². The number of carbonyl (C=O) groups excluding carboxylic acids is 2. The number of carbonyl (C=O) groups is 2. The van der Waals surface area contributed by atoms with Crippen LogP contribution in [0.25, 0.3) is 0 Å². The van der Waals surface area contributed by atoms with E-state index in [2.05, 4.69) is 0 Å². The molecule has 2 aliphatic rings. The summed E-state index contributed by atoms with van der Waals surface area (Å²) in [6, 6.07) is 11.1. The van der Waals surface area contributed by atoms with E-state index in [1.807, 2.05) is 10.3 Å². The second-order valence-electron chi connectivity index (χ2n) is 6.55. The second kappa shape index (κ2) is 8.20. The molecule has 2 saturated heterocycles. The number of benzene rings is 1. The van der Waals surface area contributed by atoms with Crippen LogP contribution in [0, 0.1) is 0 Å². The van der Waals surface area contributed by atoms with Gasteiger partial charge in [0.2, 0.25) is 0 Å². The number of hydrogen-bond donors (Lipinski definition) is 0. The van der Waals surface area contributed by atoms with Crippen molar-refractivity contribution in [2.24, 2.45) is 0 Å². The Morgan fingerprint density at radius 1 is 1.04 bits per heavy atom. The minimum Gasteiger partial charge on any atom is -0.309 e. The lowest BCUT2D eigenvalue weighted by atomic mass is 10.2. The molecule has 1 aromatic carbocycles. The SMILES string of the molecule is Cl.O=C1C2CN(CCS(=O)(=O)c3ccccc3)CCN2C(=O)N1c1cccs1. The van der Waals surface area contributed by atoms with Crippen molar-refractivity contribution in [2.45, 2.75) is 10.9 Å². The van der Waals surface area contributed by atoms with Crippen molar-refractivity contribution >= 4 is 50.5 Å². The van der Waals surface area contributed by atoms with E-state index in [4.69, 9.17) is 0 Å². The van der Waals surface area contributed by atoms with E-state index in [0.29, 0.717) is 36.1 Å². The predicted molar refractivity (Wildman–Crippen MR) is 110 cm³/mol. The molecule has 0 bridgehead atoms. The summed E-state index contributed by atoms with van der Waals surface area (Å²) in [5.41, 5.74) is 0. The second-order valence-corrected chi connectivity index (χ2v) is 9.58. The molecule has 0 aliphatic carbocycles. The summed E-state index contributed by atoms with van der Waals surface area (Å²) >= 11 is 1.35. The number of rotatable bonds is 5. The summed E-state index contributed by atoms with van der Waals surface area (Å²) < 4.78 is 24.9. The van der Waals surface area contributed by atoms with Crippen LogP contribution < -0.4 is 4.90 Å². The van der Waals surface area contributed by atoms with Crippen LogP contribution in [-0.4, -0.2) is 68.1 Å². The van der Waals surface area contributed by atoms with Crippen molar-refractivity contribution in [1.29, 1.82) is 0 Å². The number of nitrogens with zero attached hydrogens (tertiary/aromatic N) is 3. The molecule has 0 spiro atoms. The predicted octanol–water partition coefficient (Wildman–Crippen LogP) is 2.10. The van der Waals surface area contributed by atoms with Crippen LogP contribution in [0.5, 0.6) is 0 Å². The molecule has 3 amide bonds. The molecular formula is C18H20ClN3O4S2. The molecule has 10 heteroatoms. The quantitative estimate of drug-likeness (QED) is 0.664. The topological polar surface area (TPSA) is 78.0 Å². The number of imide groups is 1. The Kier molecular flexibility index (Phi) is 6.09. The standard InChI is InChI=1S/C18H19N3O4S2.ClH/c22-17-15-13-19(10-12-27(24,25)14-5-2-1-3-6-14)8-9-20(15)18(23)21(17)16-7-4-11-26-16;/h1-7,11,15H,8-10,12-13H2;1H. The molecule has 2 aliphatic heterocycles. The molecule has 0 N–H and O–H groups in total. The lowest BCUT2D eigenvalue weighted by molar-refractivity contribution is -0.121. The number of urea groups is 1.